The first-order valence-electron chi connectivity index (χ1n) is 4.52. The molecule has 0 saturated heterocycles. The van der Waals surface area contributed by atoms with E-state index in [4.69, 9.17) is 5.73 Å². The van der Waals surface area contributed by atoms with E-state index in [-0.39, 0.29) is 5.69 Å². The van der Waals surface area contributed by atoms with Crippen LogP contribution in [0.1, 0.15) is 11.1 Å². The second kappa shape index (κ2) is 3.53. The first-order valence-corrected chi connectivity index (χ1v) is 4.52. The van der Waals surface area contributed by atoms with Gasteiger partial charge in [0, 0.05) is 0 Å². The average molecular weight is 199 g/mol. The number of hydrogen-bond acceptors (Lipinski definition) is 3. The molecule has 15 heavy (non-hydrogen) atoms. The smallest absolute Gasteiger partial charge is 0.249 e. The zero-order chi connectivity index (χ0) is 10.8. The molecule has 2 rings (SSSR count). The highest BCUT2D eigenvalue weighted by Gasteiger charge is 2.14. The van der Waals surface area contributed by atoms with Crippen molar-refractivity contribution in [2.45, 2.75) is 0 Å². The van der Waals surface area contributed by atoms with E-state index in [0.717, 1.165) is 5.56 Å². The molecule has 0 atom stereocenters. The molecule has 0 heterocycles. The molecule has 0 aliphatic rings. The topological polar surface area (TPSA) is 60.2 Å². The van der Waals surface area contributed by atoms with Gasteiger partial charge in [0.1, 0.15) is 0 Å². The second-order valence-corrected chi connectivity index (χ2v) is 3.23. The number of anilines is 1. The van der Waals surface area contributed by atoms with Crippen molar-refractivity contribution in [1.29, 1.82) is 0 Å². The Hall–Kier alpha value is -2.16. The molecule has 0 spiro atoms. The third kappa shape index (κ3) is 1.59. The molecule has 0 fully saturated rings. The zero-order valence-corrected chi connectivity index (χ0v) is 7.94. The Bertz CT molecular complexity index is 575. The summed E-state index contributed by atoms with van der Waals surface area (Å²) in [5, 5.41) is 0. The van der Waals surface area contributed by atoms with Crippen LogP contribution >= 0.6 is 0 Å². The number of nitrogens with two attached hydrogens (primary N) is 1. The molecule has 0 radical (unpaired) electrons. The summed E-state index contributed by atoms with van der Waals surface area (Å²) in [6, 6.07) is 9.50. The molecule has 0 aliphatic heterocycles. The Balaban J connectivity index is 2.28. The minimum atomic E-state index is -0.581. The van der Waals surface area contributed by atoms with Gasteiger partial charge >= 0.3 is 0 Å². The Labute approximate surface area is 86.2 Å². The summed E-state index contributed by atoms with van der Waals surface area (Å²) in [4.78, 5) is 21.9. The zero-order valence-electron chi connectivity index (χ0n) is 7.94. The summed E-state index contributed by atoms with van der Waals surface area (Å²) in [7, 11) is 0. The SMILES string of the molecule is Nc1c(C=Cc2ccccc2)c(=O)c1=O. The lowest BCUT2D eigenvalue weighted by Gasteiger charge is -1.99. The van der Waals surface area contributed by atoms with E-state index >= 15 is 0 Å². The van der Waals surface area contributed by atoms with E-state index < -0.39 is 10.9 Å². The Morgan fingerprint density at radius 3 is 2.20 bits per heavy atom. The van der Waals surface area contributed by atoms with Crippen LogP contribution < -0.4 is 16.6 Å². The Kier molecular flexibility index (Phi) is 2.21. The lowest BCUT2D eigenvalue weighted by Crippen LogP contribution is -2.36. The van der Waals surface area contributed by atoms with Gasteiger partial charge in [-0.3, -0.25) is 9.59 Å². The van der Waals surface area contributed by atoms with Gasteiger partial charge in [-0.05, 0) is 11.6 Å². The van der Waals surface area contributed by atoms with Gasteiger partial charge in [0.25, 0.3) is 0 Å². The summed E-state index contributed by atoms with van der Waals surface area (Å²) in [5.41, 5.74) is 5.63. The van der Waals surface area contributed by atoms with Gasteiger partial charge < -0.3 is 5.73 Å². The minimum Gasteiger partial charge on any atom is -0.395 e. The van der Waals surface area contributed by atoms with Crippen molar-refractivity contribution in [2.75, 3.05) is 5.73 Å². The molecular formula is C12H9NO2. The molecule has 0 saturated carbocycles. The lowest BCUT2D eigenvalue weighted by atomic mass is 10.1. The van der Waals surface area contributed by atoms with E-state index in [2.05, 4.69) is 0 Å². The standard InChI is InChI=1S/C12H9NO2/c13-10-9(11(14)12(10)15)7-6-8-4-2-1-3-5-8/h1-7H,13H2. The third-order valence-corrected chi connectivity index (χ3v) is 2.23. The monoisotopic (exact) mass is 199 g/mol. The van der Waals surface area contributed by atoms with Gasteiger partial charge in [0.15, 0.2) is 0 Å². The van der Waals surface area contributed by atoms with E-state index in [1.54, 1.807) is 12.2 Å². The van der Waals surface area contributed by atoms with Crippen molar-refractivity contribution in [3.63, 3.8) is 0 Å². The van der Waals surface area contributed by atoms with Crippen LogP contribution in [0.25, 0.3) is 12.2 Å². The fraction of sp³-hybridized carbons (Fsp3) is 0. The lowest BCUT2D eigenvalue weighted by molar-refractivity contribution is 1.39. The average Bonchev–Trinajstić information content (AvgIpc) is 2.30. The summed E-state index contributed by atoms with van der Waals surface area (Å²) in [5.74, 6) is 0. The highest BCUT2D eigenvalue weighted by Crippen LogP contribution is 2.08. The van der Waals surface area contributed by atoms with Gasteiger partial charge in [0.05, 0.1) is 11.3 Å². The Morgan fingerprint density at radius 1 is 0.933 bits per heavy atom. The van der Waals surface area contributed by atoms with Crippen LogP contribution in [0.15, 0.2) is 39.9 Å². The number of benzene rings is 1. The first-order chi connectivity index (χ1) is 7.20. The minimum absolute atomic E-state index is 0.0622. The first kappa shape index (κ1) is 9.40. The molecular weight excluding hydrogens is 190 g/mol. The molecule has 0 bridgehead atoms. The predicted molar refractivity (Wildman–Crippen MR) is 61.1 cm³/mol. The van der Waals surface area contributed by atoms with Gasteiger partial charge in [-0.15, -0.1) is 0 Å². The number of rotatable bonds is 2. The van der Waals surface area contributed by atoms with Crippen molar-refractivity contribution < 1.29 is 0 Å². The van der Waals surface area contributed by atoms with Gasteiger partial charge in [-0.25, -0.2) is 0 Å². The maximum atomic E-state index is 11.1. The van der Waals surface area contributed by atoms with Gasteiger partial charge in [0.2, 0.25) is 10.9 Å². The third-order valence-electron chi connectivity index (χ3n) is 2.23. The molecule has 74 valence electrons. The molecule has 2 aromatic rings. The molecule has 3 heteroatoms. The molecule has 2 aromatic carbocycles. The molecule has 0 amide bonds. The summed E-state index contributed by atoms with van der Waals surface area (Å²) in [6.07, 6.45) is 3.33. The molecule has 3 nitrogen and oxygen atoms in total. The quantitative estimate of drug-likeness (QED) is 0.735. The summed E-state index contributed by atoms with van der Waals surface area (Å²) < 4.78 is 0. The molecule has 0 unspecified atom stereocenters. The highest BCUT2D eigenvalue weighted by molar-refractivity contribution is 5.77. The van der Waals surface area contributed by atoms with Crippen molar-refractivity contribution in [3.05, 3.63) is 61.9 Å². The largest absolute Gasteiger partial charge is 0.395 e. The molecule has 0 aromatic heterocycles. The van der Waals surface area contributed by atoms with E-state index in [0.29, 0.717) is 5.56 Å². The van der Waals surface area contributed by atoms with Crippen LogP contribution in [-0.2, 0) is 0 Å². The van der Waals surface area contributed by atoms with Crippen molar-refractivity contribution in [1.82, 2.24) is 0 Å². The van der Waals surface area contributed by atoms with E-state index in [1.165, 1.54) is 0 Å². The molecule has 2 N–H and O–H groups in total. The van der Waals surface area contributed by atoms with Crippen LogP contribution in [0.2, 0.25) is 0 Å². The van der Waals surface area contributed by atoms with Crippen molar-refractivity contribution in [2.24, 2.45) is 0 Å². The normalized spacial score (nSPS) is 11.2. The Morgan fingerprint density at radius 2 is 1.60 bits per heavy atom. The van der Waals surface area contributed by atoms with Crippen LogP contribution in [0.5, 0.6) is 0 Å². The summed E-state index contributed by atoms with van der Waals surface area (Å²) >= 11 is 0. The maximum Gasteiger partial charge on any atom is 0.249 e. The predicted octanol–water partition coefficient (Wildman–Crippen LogP) is 1.04. The second-order valence-electron chi connectivity index (χ2n) is 3.23. The van der Waals surface area contributed by atoms with Crippen LogP contribution in [0.4, 0.5) is 5.69 Å². The van der Waals surface area contributed by atoms with Crippen LogP contribution in [0.3, 0.4) is 0 Å². The summed E-state index contributed by atoms with van der Waals surface area (Å²) in [6.45, 7) is 0. The molecule has 0 aliphatic carbocycles. The van der Waals surface area contributed by atoms with Crippen molar-refractivity contribution >= 4 is 17.8 Å². The van der Waals surface area contributed by atoms with E-state index in [1.807, 2.05) is 30.3 Å². The highest BCUT2D eigenvalue weighted by atomic mass is 16.2. The number of hydrogen-bond donors (Lipinski definition) is 1. The maximum absolute atomic E-state index is 11.1. The fourth-order valence-electron chi connectivity index (χ4n) is 1.34. The van der Waals surface area contributed by atoms with Crippen LogP contribution in [-0.4, -0.2) is 0 Å². The van der Waals surface area contributed by atoms with Crippen LogP contribution in [0, 0.1) is 0 Å². The van der Waals surface area contributed by atoms with E-state index in [9.17, 15) is 9.59 Å². The number of nitrogen functional groups attached to an aromatic ring is 1. The fourth-order valence-corrected chi connectivity index (χ4v) is 1.34. The van der Waals surface area contributed by atoms with Gasteiger partial charge in [-0.2, -0.15) is 0 Å². The van der Waals surface area contributed by atoms with Crippen molar-refractivity contribution in [3.8, 4) is 0 Å². The van der Waals surface area contributed by atoms with Gasteiger partial charge in [-0.1, -0.05) is 36.4 Å².